The molecule has 0 N–H and O–H groups in total. The van der Waals surface area contributed by atoms with Crippen LogP contribution >= 0.6 is 0 Å². The van der Waals surface area contributed by atoms with E-state index in [4.69, 9.17) is 4.74 Å². The number of aromatic nitrogens is 2. The second kappa shape index (κ2) is 11.1. The lowest BCUT2D eigenvalue weighted by Crippen LogP contribution is -2.39. The summed E-state index contributed by atoms with van der Waals surface area (Å²) in [4.78, 5) is 37.5. The van der Waals surface area contributed by atoms with Gasteiger partial charge in [-0.2, -0.15) is 0 Å². The predicted octanol–water partition coefficient (Wildman–Crippen LogP) is 4.35. The number of carbonyl (C=O) groups excluding carboxylic acids is 1. The Bertz CT molecular complexity index is 1180. The molecule has 2 aromatic carbocycles. The van der Waals surface area contributed by atoms with Crippen molar-refractivity contribution in [3.63, 3.8) is 0 Å². The number of rotatable bonds is 10. The Hall–Kier alpha value is -3.67. The van der Waals surface area contributed by atoms with Gasteiger partial charge in [-0.25, -0.2) is 9.59 Å². The second-order valence-electron chi connectivity index (χ2n) is 7.67. The molecular weight excluding hydrogens is 404 g/mol. The van der Waals surface area contributed by atoms with Gasteiger partial charge in [-0.1, -0.05) is 61.5 Å². The molecule has 1 heterocycles. The van der Waals surface area contributed by atoms with Gasteiger partial charge in [0, 0.05) is 18.2 Å². The van der Waals surface area contributed by atoms with Crippen molar-refractivity contribution in [2.24, 2.45) is 0 Å². The highest BCUT2D eigenvalue weighted by molar-refractivity contribution is 5.86. The number of esters is 1. The van der Waals surface area contributed by atoms with Crippen molar-refractivity contribution in [2.45, 2.75) is 39.2 Å². The van der Waals surface area contributed by atoms with Gasteiger partial charge in [-0.15, -0.1) is 0 Å². The molecule has 0 fully saturated rings. The molecule has 0 aliphatic carbocycles. The van der Waals surface area contributed by atoms with Gasteiger partial charge >= 0.3 is 11.7 Å². The molecule has 6 heteroatoms. The van der Waals surface area contributed by atoms with Gasteiger partial charge in [-0.3, -0.25) is 13.9 Å². The van der Waals surface area contributed by atoms with Crippen molar-refractivity contribution in [3.05, 3.63) is 99.7 Å². The van der Waals surface area contributed by atoms with Crippen LogP contribution in [0.15, 0.2) is 88.5 Å². The van der Waals surface area contributed by atoms with Crippen LogP contribution in [0, 0.1) is 0 Å². The fourth-order valence-corrected chi connectivity index (χ4v) is 3.44. The van der Waals surface area contributed by atoms with E-state index in [0.29, 0.717) is 36.5 Å². The van der Waals surface area contributed by atoms with Gasteiger partial charge in [0.15, 0.2) is 0 Å². The van der Waals surface area contributed by atoms with Gasteiger partial charge < -0.3 is 4.74 Å². The second-order valence-corrected chi connectivity index (χ2v) is 7.67. The molecule has 6 nitrogen and oxygen atoms in total. The summed E-state index contributed by atoms with van der Waals surface area (Å²) in [6, 6.07) is 20.3. The molecule has 0 spiro atoms. The molecular formula is C26H28N2O4. The monoisotopic (exact) mass is 432 g/mol. The van der Waals surface area contributed by atoms with Crippen LogP contribution in [0.1, 0.15) is 32.6 Å². The van der Waals surface area contributed by atoms with Crippen LogP contribution in [0.5, 0.6) is 0 Å². The number of nitrogens with zero attached hydrogens (tertiary/aromatic N) is 2. The van der Waals surface area contributed by atoms with Gasteiger partial charge in [0.25, 0.3) is 5.56 Å². The lowest BCUT2D eigenvalue weighted by Gasteiger charge is -2.16. The standard InChI is InChI=1S/C26H28N2O4/c1-20(2)25(30)32-18-12-4-3-11-17-27-24(29)19-23(21-13-7-5-8-14-21)28(26(27)31)22-15-9-6-10-16-22/h5-10,13-16,19H,1,3-4,11-12,17-18H2,2H3. The zero-order chi connectivity index (χ0) is 22.9. The Balaban J connectivity index is 1.75. The van der Waals surface area contributed by atoms with Crippen molar-refractivity contribution >= 4 is 5.97 Å². The van der Waals surface area contributed by atoms with Crippen LogP contribution in [-0.4, -0.2) is 21.7 Å². The summed E-state index contributed by atoms with van der Waals surface area (Å²) in [5, 5.41) is 0. The topological polar surface area (TPSA) is 70.3 Å². The number of unbranched alkanes of at least 4 members (excludes halogenated alkanes) is 3. The van der Waals surface area contributed by atoms with Crippen LogP contribution in [0.2, 0.25) is 0 Å². The molecule has 0 aliphatic rings. The van der Waals surface area contributed by atoms with E-state index in [1.165, 1.54) is 10.6 Å². The van der Waals surface area contributed by atoms with Crippen molar-refractivity contribution in [3.8, 4) is 16.9 Å². The highest BCUT2D eigenvalue weighted by Gasteiger charge is 2.14. The molecule has 0 saturated carbocycles. The Kier molecular flexibility index (Phi) is 7.97. The van der Waals surface area contributed by atoms with Crippen LogP contribution < -0.4 is 11.2 Å². The van der Waals surface area contributed by atoms with Gasteiger partial charge in [0.2, 0.25) is 0 Å². The zero-order valence-corrected chi connectivity index (χ0v) is 18.3. The van der Waals surface area contributed by atoms with E-state index < -0.39 is 0 Å². The average molecular weight is 433 g/mol. The third kappa shape index (κ3) is 5.72. The van der Waals surface area contributed by atoms with Gasteiger partial charge in [0.1, 0.15) is 0 Å². The van der Waals surface area contributed by atoms with Crippen molar-refractivity contribution < 1.29 is 9.53 Å². The number of benzene rings is 2. The molecule has 0 radical (unpaired) electrons. The van der Waals surface area contributed by atoms with E-state index in [1.54, 1.807) is 11.5 Å². The maximum absolute atomic E-state index is 13.3. The molecule has 3 aromatic rings. The Morgan fingerprint density at radius 3 is 2.19 bits per heavy atom. The maximum atomic E-state index is 13.3. The summed E-state index contributed by atoms with van der Waals surface area (Å²) in [5.41, 5.74) is 1.82. The molecule has 1 aromatic heterocycles. The fraction of sp³-hybridized carbons (Fsp3) is 0.269. The lowest BCUT2D eigenvalue weighted by molar-refractivity contribution is -0.139. The quantitative estimate of drug-likeness (QED) is 0.271. The highest BCUT2D eigenvalue weighted by Crippen LogP contribution is 2.19. The molecule has 166 valence electrons. The summed E-state index contributed by atoms with van der Waals surface area (Å²) >= 11 is 0. The lowest BCUT2D eigenvalue weighted by atomic mass is 10.1. The average Bonchev–Trinajstić information content (AvgIpc) is 2.80. The molecule has 0 atom stereocenters. The van der Waals surface area contributed by atoms with E-state index in [1.807, 2.05) is 60.7 Å². The number of hydrogen-bond acceptors (Lipinski definition) is 4. The predicted molar refractivity (Wildman–Crippen MR) is 126 cm³/mol. The fourth-order valence-electron chi connectivity index (χ4n) is 3.44. The van der Waals surface area contributed by atoms with Crippen LogP contribution in [0.3, 0.4) is 0 Å². The van der Waals surface area contributed by atoms with E-state index in [0.717, 1.165) is 24.8 Å². The number of hydrogen-bond donors (Lipinski definition) is 0. The minimum absolute atomic E-state index is 0.309. The Labute approximate surface area is 187 Å². The van der Waals surface area contributed by atoms with E-state index in [2.05, 4.69) is 6.58 Å². The summed E-state index contributed by atoms with van der Waals surface area (Å²) in [6.45, 7) is 5.85. The first-order valence-electron chi connectivity index (χ1n) is 10.8. The number of para-hydroxylation sites is 1. The Morgan fingerprint density at radius 2 is 1.53 bits per heavy atom. The number of carbonyl (C=O) groups is 1. The molecule has 0 amide bonds. The van der Waals surface area contributed by atoms with E-state index >= 15 is 0 Å². The third-order valence-corrected chi connectivity index (χ3v) is 5.13. The van der Waals surface area contributed by atoms with E-state index in [-0.39, 0.29) is 17.2 Å². The van der Waals surface area contributed by atoms with Gasteiger partial charge in [0.05, 0.1) is 18.0 Å². The first-order chi connectivity index (χ1) is 15.5. The largest absolute Gasteiger partial charge is 0.462 e. The SMILES string of the molecule is C=C(C)C(=O)OCCCCCCn1c(=O)cc(-c2ccccc2)n(-c2ccccc2)c1=O. The molecule has 0 saturated heterocycles. The molecule has 32 heavy (non-hydrogen) atoms. The smallest absolute Gasteiger partial charge is 0.336 e. The summed E-state index contributed by atoms with van der Waals surface area (Å²) < 4.78 is 7.96. The normalized spacial score (nSPS) is 10.7. The van der Waals surface area contributed by atoms with Gasteiger partial charge in [-0.05, 0) is 43.9 Å². The number of ether oxygens (including phenoxy) is 1. The van der Waals surface area contributed by atoms with Crippen LogP contribution in [0.25, 0.3) is 16.9 Å². The first-order valence-corrected chi connectivity index (χ1v) is 10.8. The highest BCUT2D eigenvalue weighted by atomic mass is 16.5. The molecule has 0 aliphatic heterocycles. The minimum Gasteiger partial charge on any atom is -0.462 e. The zero-order valence-electron chi connectivity index (χ0n) is 18.3. The van der Waals surface area contributed by atoms with Crippen LogP contribution in [0.4, 0.5) is 0 Å². The maximum Gasteiger partial charge on any atom is 0.336 e. The minimum atomic E-state index is -0.378. The molecule has 3 rings (SSSR count). The first kappa shape index (κ1) is 23.0. The Morgan fingerprint density at radius 1 is 0.906 bits per heavy atom. The third-order valence-electron chi connectivity index (χ3n) is 5.13. The van der Waals surface area contributed by atoms with Crippen molar-refractivity contribution in [1.29, 1.82) is 0 Å². The molecule has 0 bridgehead atoms. The summed E-state index contributed by atoms with van der Waals surface area (Å²) in [5.74, 6) is -0.378. The van der Waals surface area contributed by atoms with Crippen molar-refractivity contribution in [2.75, 3.05) is 6.61 Å². The van der Waals surface area contributed by atoms with Crippen LogP contribution in [-0.2, 0) is 16.1 Å². The summed E-state index contributed by atoms with van der Waals surface area (Å²) in [7, 11) is 0. The van der Waals surface area contributed by atoms with Crippen molar-refractivity contribution in [1.82, 2.24) is 9.13 Å². The molecule has 0 unspecified atom stereocenters. The summed E-state index contributed by atoms with van der Waals surface area (Å²) in [6.07, 6.45) is 3.08. The van der Waals surface area contributed by atoms with E-state index in [9.17, 15) is 14.4 Å².